The van der Waals surface area contributed by atoms with Crippen LogP contribution in [0.15, 0.2) is 0 Å². The van der Waals surface area contributed by atoms with Gasteiger partial charge < -0.3 is 0 Å². The van der Waals surface area contributed by atoms with Gasteiger partial charge in [0.15, 0.2) is 0 Å². The van der Waals surface area contributed by atoms with E-state index in [0.29, 0.717) is 0 Å². The second-order valence-corrected chi connectivity index (χ2v) is 0. The van der Waals surface area contributed by atoms with Gasteiger partial charge in [-0.05, 0) is 0 Å². The molecule has 15 valence electrons. The average Bonchev–Trinajstić information content (AvgIpc) is 0. The Hall–Kier alpha value is 1.91. The molecule has 0 amide bonds. The van der Waals surface area contributed by atoms with Gasteiger partial charge in [-0.25, -0.2) is 0 Å². The molecule has 0 aliphatic rings. The fourth-order valence-corrected chi connectivity index (χ4v) is 0. The van der Waals surface area contributed by atoms with Gasteiger partial charge in [-0.15, -0.1) is 0 Å². The van der Waals surface area contributed by atoms with Crippen LogP contribution in [0.1, 0.15) is 0 Å². The summed E-state index contributed by atoms with van der Waals surface area (Å²) >= 11 is 0. The van der Waals surface area contributed by atoms with Crippen LogP contribution in [0.4, 0.5) is 0 Å². The van der Waals surface area contributed by atoms with Crippen molar-refractivity contribution in [2.75, 3.05) is 0 Å². The predicted molar refractivity (Wildman–Crippen MR) is 26.0 cm³/mol. The molecule has 4 heavy (non-hydrogen) atoms. The first-order valence-corrected chi connectivity index (χ1v) is 0. The number of rotatable bonds is 0. The Balaban J connectivity index is 0. The van der Waals surface area contributed by atoms with Gasteiger partial charge in [0, 0.05) is 59.6 Å². The van der Waals surface area contributed by atoms with Gasteiger partial charge >= 0.3 is 0 Å². The first-order valence-electron chi connectivity index (χ1n) is 0. The Bertz CT molecular complexity index is 8.00. The fourth-order valence-electron chi connectivity index (χ4n) is 0. The molecule has 0 saturated carbocycles. The average molecular weight is 97.0 g/mol. The maximum atomic E-state index is 0. The van der Waals surface area contributed by atoms with Crippen molar-refractivity contribution in [1.29, 1.82) is 0 Å². The molecule has 0 heterocycles. The van der Waals surface area contributed by atoms with Crippen LogP contribution >= 0.6 is 23.4 Å². The molecule has 0 rings (SSSR count). The maximum Gasteiger partial charge on any atom is 0 e. The minimum Gasteiger partial charge on any atom is 0 e. The van der Waals surface area contributed by atoms with E-state index in [1.807, 2.05) is 0 Å². The van der Waals surface area contributed by atoms with Crippen LogP contribution < -0.4 is 0 Å². The van der Waals surface area contributed by atoms with Crippen molar-refractivity contribution >= 4 is 59.6 Å². The third kappa shape index (κ3) is 9.08. The van der Waals surface area contributed by atoms with Gasteiger partial charge in [-0.1, -0.05) is 0 Å². The van der Waals surface area contributed by atoms with E-state index in [-0.39, 0.29) is 59.6 Å². The molecule has 0 fully saturated rings. The summed E-state index contributed by atoms with van der Waals surface area (Å²) in [5, 5.41) is 0. The van der Waals surface area contributed by atoms with Crippen LogP contribution in [0.25, 0.3) is 0 Å². The first kappa shape index (κ1) is 39.1. The molecule has 0 spiro atoms. The molecule has 0 aromatic carbocycles. The summed E-state index contributed by atoms with van der Waals surface area (Å²) in [6.45, 7) is 0. The molecule has 4 heteroatoms. The summed E-state index contributed by atoms with van der Waals surface area (Å²) in [7, 11) is 0. The molecule has 0 atom stereocenters. The molecular formula is AlLiPS. The molecule has 0 aromatic heterocycles. The largest absolute Gasteiger partial charge is 0 e. The van der Waals surface area contributed by atoms with E-state index in [1.165, 1.54) is 0 Å². The molecule has 0 unspecified atom stereocenters. The minimum atomic E-state index is 0. The van der Waals surface area contributed by atoms with E-state index in [0.717, 1.165) is 0 Å². The molecule has 0 aliphatic heterocycles. The van der Waals surface area contributed by atoms with E-state index in [2.05, 4.69) is 0 Å². The molecule has 0 N–H and O–H groups in total. The van der Waals surface area contributed by atoms with E-state index < -0.39 is 0 Å². The monoisotopic (exact) mass is 96.9 g/mol. The van der Waals surface area contributed by atoms with Crippen molar-refractivity contribution in [1.82, 2.24) is 0 Å². The second-order valence-electron chi connectivity index (χ2n) is 0. The van der Waals surface area contributed by atoms with Crippen molar-refractivity contribution in [3.63, 3.8) is 0 Å². The Labute approximate surface area is 59.5 Å². The summed E-state index contributed by atoms with van der Waals surface area (Å²) in [5.41, 5.74) is 0. The topological polar surface area (TPSA) is 0 Å². The SMILES string of the molecule is [Al].[Li].[P].[S]. The molecule has 0 aromatic rings. The summed E-state index contributed by atoms with van der Waals surface area (Å²) in [4.78, 5) is 0. The fraction of sp³-hybridized carbons (Fsp3) is 0. The quantitative estimate of drug-likeness (QED) is 0.309. The normalized spacial score (nSPS) is 0. The molecule has 0 bridgehead atoms. The van der Waals surface area contributed by atoms with Gasteiger partial charge in [0.1, 0.15) is 0 Å². The van der Waals surface area contributed by atoms with Crippen molar-refractivity contribution in [3.8, 4) is 0 Å². The molecule has 0 nitrogen and oxygen atoms in total. The standard InChI is InChI=1S/Al.Li.P.S. The van der Waals surface area contributed by atoms with E-state index in [1.54, 1.807) is 0 Å². The Kier molecular flexibility index (Phi) is 201. The smallest absolute Gasteiger partial charge is 0 e. The van der Waals surface area contributed by atoms with Crippen molar-refractivity contribution in [3.05, 3.63) is 0 Å². The van der Waals surface area contributed by atoms with Crippen molar-refractivity contribution < 1.29 is 0 Å². The third-order valence-corrected chi connectivity index (χ3v) is 0. The van der Waals surface area contributed by atoms with E-state index >= 15 is 0 Å². The molecular weight excluding hydrogens is 97.0 g/mol. The van der Waals surface area contributed by atoms with Gasteiger partial charge in [0.2, 0.25) is 0 Å². The van der Waals surface area contributed by atoms with Gasteiger partial charge in [-0.2, -0.15) is 0 Å². The van der Waals surface area contributed by atoms with E-state index in [4.69, 9.17) is 0 Å². The summed E-state index contributed by atoms with van der Waals surface area (Å²) < 4.78 is 0. The third-order valence-electron chi connectivity index (χ3n) is 0. The van der Waals surface area contributed by atoms with E-state index in [9.17, 15) is 0 Å². The Morgan fingerprint density at radius 3 is 1.00 bits per heavy atom. The summed E-state index contributed by atoms with van der Waals surface area (Å²) in [6.07, 6.45) is 0. The van der Waals surface area contributed by atoms with Crippen molar-refractivity contribution in [2.45, 2.75) is 0 Å². The first-order chi connectivity index (χ1) is 0. The number of hydrogen-bond acceptors (Lipinski definition) is 0. The molecule has 0 saturated heterocycles. The van der Waals surface area contributed by atoms with Crippen LogP contribution in [0, 0.1) is 0 Å². The Morgan fingerprint density at radius 1 is 1.00 bits per heavy atom. The van der Waals surface area contributed by atoms with Crippen LogP contribution in [-0.4, -0.2) is 36.2 Å². The minimum absolute atomic E-state index is 0. The zero-order valence-electron chi connectivity index (χ0n) is 2.43. The summed E-state index contributed by atoms with van der Waals surface area (Å²) in [6, 6.07) is 0. The van der Waals surface area contributed by atoms with Crippen LogP contribution in [-0.2, 0) is 0 Å². The second kappa shape index (κ2) is 20.6. The van der Waals surface area contributed by atoms with Gasteiger partial charge in [0.05, 0.1) is 0 Å². The summed E-state index contributed by atoms with van der Waals surface area (Å²) in [5.74, 6) is 0. The van der Waals surface area contributed by atoms with Crippen molar-refractivity contribution in [2.24, 2.45) is 0 Å². The van der Waals surface area contributed by atoms with Gasteiger partial charge in [-0.3, -0.25) is 0 Å². The van der Waals surface area contributed by atoms with Crippen LogP contribution in [0.5, 0.6) is 0 Å². The zero-order valence-corrected chi connectivity index (χ0v) is 5.30. The Morgan fingerprint density at radius 2 is 1.00 bits per heavy atom. The predicted octanol–water partition coefficient (Wildman–Crippen LogP) is 0.748. The van der Waals surface area contributed by atoms with Gasteiger partial charge in [0.25, 0.3) is 0 Å². The molecule has 0 aliphatic carbocycles. The zero-order chi connectivity index (χ0) is 0. The van der Waals surface area contributed by atoms with Crippen LogP contribution in [0.3, 0.4) is 0 Å². The van der Waals surface area contributed by atoms with Crippen LogP contribution in [0.2, 0.25) is 0 Å². The maximum absolute atomic E-state index is 0. The number of hydrogen-bond donors (Lipinski definition) is 0. The molecule has 9 radical (unpaired) electrons.